The fourth-order valence-electron chi connectivity index (χ4n) is 3.45. The number of thioether (sulfide) groups is 1. The maximum atomic E-state index is 13.7. The molecule has 0 radical (unpaired) electrons. The molecule has 5 atom stereocenters. The number of aliphatic hydroxyl groups is 1. The molecular formula is C22H29F3N2O5S. The molecule has 1 amide bonds. The standard InChI is InChI=1S/C22H29F3N2O5S/c1-20(2,3)32-19(28)27(5)18-26-14-11-15(30-12-13-9-7-6-8-10-13)16(31-17(14)33-18)21(4,29)22(23,24)25/h6-10,14-17,29H,11-12H2,1-5H3/t14-,15+,16+,17-,21+/m1/s1. The molecule has 0 aliphatic carbocycles. The van der Waals surface area contributed by atoms with E-state index in [0.29, 0.717) is 6.92 Å². The molecule has 2 heterocycles. The van der Waals surface area contributed by atoms with Gasteiger partial charge in [-0.05, 0) is 33.3 Å². The molecule has 0 saturated carbocycles. The van der Waals surface area contributed by atoms with Crippen molar-refractivity contribution in [1.82, 2.24) is 4.90 Å². The van der Waals surface area contributed by atoms with Gasteiger partial charge in [-0.25, -0.2) is 4.79 Å². The number of alkyl halides is 3. The van der Waals surface area contributed by atoms with Crippen molar-refractivity contribution >= 4 is 23.0 Å². The van der Waals surface area contributed by atoms with E-state index in [1.54, 1.807) is 45.0 Å². The maximum absolute atomic E-state index is 13.7. The summed E-state index contributed by atoms with van der Waals surface area (Å²) in [6.07, 6.45) is -8.22. The highest BCUT2D eigenvalue weighted by atomic mass is 32.2. The van der Waals surface area contributed by atoms with E-state index >= 15 is 0 Å². The number of fused-ring (bicyclic) bond motifs is 1. The van der Waals surface area contributed by atoms with Crippen molar-refractivity contribution in [1.29, 1.82) is 0 Å². The Morgan fingerprint density at radius 1 is 1.24 bits per heavy atom. The maximum Gasteiger partial charge on any atom is 0.419 e. The number of nitrogens with zero attached hydrogens (tertiary/aromatic N) is 2. The average Bonchev–Trinajstić information content (AvgIpc) is 3.12. The van der Waals surface area contributed by atoms with Gasteiger partial charge in [0.1, 0.15) is 17.1 Å². The third-order valence-electron chi connectivity index (χ3n) is 5.29. The topological polar surface area (TPSA) is 80.6 Å². The lowest BCUT2D eigenvalue weighted by atomic mass is 9.88. The smallest absolute Gasteiger partial charge is 0.419 e. The summed E-state index contributed by atoms with van der Waals surface area (Å²) in [6, 6.07) is 8.46. The van der Waals surface area contributed by atoms with E-state index in [1.807, 2.05) is 6.07 Å². The summed E-state index contributed by atoms with van der Waals surface area (Å²) in [5.74, 6) is 0. The van der Waals surface area contributed by atoms with E-state index in [2.05, 4.69) is 4.99 Å². The van der Waals surface area contributed by atoms with Crippen LogP contribution >= 0.6 is 11.8 Å². The lowest BCUT2D eigenvalue weighted by Crippen LogP contribution is -2.62. The second kappa shape index (κ2) is 9.44. The largest absolute Gasteiger partial charge is 0.443 e. The number of carbonyl (C=O) groups excluding carboxylic acids is 1. The first-order valence-corrected chi connectivity index (χ1v) is 11.4. The highest BCUT2D eigenvalue weighted by molar-refractivity contribution is 8.14. The van der Waals surface area contributed by atoms with Gasteiger partial charge in [-0.2, -0.15) is 13.2 Å². The van der Waals surface area contributed by atoms with Gasteiger partial charge in [0.05, 0.1) is 18.8 Å². The summed E-state index contributed by atoms with van der Waals surface area (Å²) in [5, 5.41) is 10.7. The van der Waals surface area contributed by atoms with Crippen molar-refractivity contribution in [2.24, 2.45) is 4.99 Å². The summed E-state index contributed by atoms with van der Waals surface area (Å²) in [6.45, 7) is 5.92. The monoisotopic (exact) mass is 490 g/mol. The van der Waals surface area contributed by atoms with E-state index in [0.717, 1.165) is 17.3 Å². The quantitative estimate of drug-likeness (QED) is 0.677. The first-order valence-electron chi connectivity index (χ1n) is 10.5. The summed E-state index contributed by atoms with van der Waals surface area (Å²) in [5.41, 5.74) is -3.88. The van der Waals surface area contributed by atoms with E-state index in [1.165, 1.54) is 11.9 Å². The molecule has 184 valence electrons. The molecule has 0 bridgehead atoms. The molecule has 1 aromatic rings. The third-order valence-corrected chi connectivity index (χ3v) is 6.54. The second-order valence-electron chi connectivity index (χ2n) is 9.28. The van der Waals surface area contributed by atoms with Gasteiger partial charge >= 0.3 is 12.3 Å². The Morgan fingerprint density at radius 3 is 2.45 bits per heavy atom. The van der Waals surface area contributed by atoms with Gasteiger partial charge in [-0.1, -0.05) is 42.1 Å². The molecule has 0 unspecified atom stereocenters. The van der Waals surface area contributed by atoms with Crippen LogP contribution in [0.25, 0.3) is 0 Å². The van der Waals surface area contributed by atoms with Crippen molar-refractivity contribution in [3.8, 4) is 0 Å². The van der Waals surface area contributed by atoms with E-state index in [-0.39, 0.29) is 18.2 Å². The van der Waals surface area contributed by atoms with Crippen molar-refractivity contribution in [2.75, 3.05) is 7.05 Å². The molecule has 1 aromatic carbocycles. The Hall–Kier alpha value is -1.82. The number of benzene rings is 1. The van der Waals surface area contributed by atoms with Crippen LogP contribution in [0.4, 0.5) is 18.0 Å². The fourth-order valence-corrected chi connectivity index (χ4v) is 4.60. The first-order chi connectivity index (χ1) is 15.2. The van der Waals surface area contributed by atoms with Crippen LogP contribution in [-0.4, -0.2) is 69.4 Å². The second-order valence-corrected chi connectivity index (χ2v) is 10.3. The number of aliphatic imine (C=N–C) groups is 1. The molecule has 3 rings (SSSR count). The zero-order chi connectivity index (χ0) is 24.6. The number of amidine groups is 1. The van der Waals surface area contributed by atoms with Crippen LogP contribution in [0.3, 0.4) is 0 Å². The van der Waals surface area contributed by atoms with E-state index in [4.69, 9.17) is 14.2 Å². The zero-order valence-electron chi connectivity index (χ0n) is 19.1. The molecule has 11 heteroatoms. The molecular weight excluding hydrogens is 461 g/mol. The Labute approximate surface area is 195 Å². The SMILES string of the molecule is CN(C(=O)OC(C)(C)C)C1=N[C@@H]2C[C@H](OCc3ccccc3)[C@@H]([C@](C)(O)C(F)(F)F)O[C@@H]2S1. The molecule has 33 heavy (non-hydrogen) atoms. The van der Waals surface area contributed by atoms with Gasteiger partial charge < -0.3 is 19.3 Å². The van der Waals surface area contributed by atoms with Crippen LogP contribution < -0.4 is 0 Å². The van der Waals surface area contributed by atoms with Crippen molar-refractivity contribution in [3.63, 3.8) is 0 Å². The van der Waals surface area contributed by atoms with Crippen molar-refractivity contribution in [3.05, 3.63) is 35.9 Å². The van der Waals surface area contributed by atoms with Crippen LogP contribution in [-0.2, 0) is 20.8 Å². The van der Waals surface area contributed by atoms with Crippen LogP contribution in [0.15, 0.2) is 35.3 Å². The molecule has 1 fully saturated rings. The predicted octanol–water partition coefficient (Wildman–Crippen LogP) is 4.34. The lowest BCUT2D eigenvalue weighted by molar-refractivity contribution is -0.313. The van der Waals surface area contributed by atoms with E-state index in [9.17, 15) is 23.1 Å². The molecule has 7 nitrogen and oxygen atoms in total. The number of hydrogen-bond donors (Lipinski definition) is 1. The molecule has 1 saturated heterocycles. The lowest BCUT2D eigenvalue weighted by Gasteiger charge is -2.44. The number of halogens is 3. The Morgan fingerprint density at radius 2 is 1.88 bits per heavy atom. The van der Waals surface area contributed by atoms with Gasteiger partial charge in [0.2, 0.25) is 0 Å². The number of amides is 1. The molecule has 0 spiro atoms. The molecule has 2 aliphatic heterocycles. The number of hydrogen-bond acceptors (Lipinski definition) is 7. The zero-order valence-corrected chi connectivity index (χ0v) is 19.9. The first kappa shape index (κ1) is 25.8. The van der Waals surface area contributed by atoms with Crippen molar-refractivity contribution in [2.45, 2.75) is 81.8 Å². The van der Waals surface area contributed by atoms with Crippen LogP contribution in [0, 0.1) is 0 Å². The van der Waals surface area contributed by atoms with Gasteiger partial charge in [-0.3, -0.25) is 9.89 Å². The van der Waals surface area contributed by atoms with Gasteiger partial charge in [0, 0.05) is 13.5 Å². The Bertz CT molecular complexity index is 873. The highest BCUT2D eigenvalue weighted by Crippen LogP contribution is 2.45. The Kier molecular flexibility index (Phi) is 7.38. The highest BCUT2D eigenvalue weighted by Gasteiger charge is 2.61. The van der Waals surface area contributed by atoms with E-state index < -0.39 is 47.2 Å². The number of rotatable bonds is 4. The predicted molar refractivity (Wildman–Crippen MR) is 118 cm³/mol. The van der Waals surface area contributed by atoms with Crippen LogP contribution in [0.2, 0.25) is 0 Å². The third kappa shape index (κ3) is 6.00. The minimum atomic E-state index is -4.93. The van der Waals surface area contributed by atoms with Crippen LogP contribution in [0.5, 0.6) is 0 Å². The van der Waals surface area contributed by atoms with Gasteiger partial charge in [-0.15, -0.1) is 0 Å². The van der Waals surface area contributed by atoms with Gasteiger partial charge in [0.15, 0.2) is 10.8 Å². The summed E-state index contributed by atoms with van der Waals surface area (Å²) in [4.78, 5) is 18.1. The van der Waals surface area contributed by atoms with Crippen LogP contribution in [0.1, 0.15) is 39.7 Å². The molecule has 1 N–H and O–H groups in total. The molecule has 2 aliphatic rings. The summed E-state index contributed by atoms with van der Waals surface area (Å²) in [7, 11) is 1.48. The normalized spacial score (nSPS) is 27.4. The Balaban J connectivity index is 1.79. The summed E-state index contributed by atoms with van der Waals surface area (Å²) < 4.78 is 57.9. The molecule has 0 aromatic heterocycles. The van der Waals surface area contributed by atoms with Crippen molar-refractivity contribution < 1.29 is 37.3 Å². The minimum absolute atomic E-state index is 0.0538. The number of ether oxygens (including phenoxy) is 3. The minimum Gasteiger partial charge on any atom is -0.443 e. The average molecular weight is 491 g/mol. The number of carbonyl (C=O) groups is 1. The van der Waals surface area contributed by atoms with Gasteiger partial charge in [0.25, 0.3) is 0 Å². The fraction of sp³-hybridized carbons (Fsp3) is 0.636. The summed E-state index contributed by atoms with van der Waals surface area (Å²) >= 11 is 1.02.